The van der Waals surface area contributed by atoms with Gasteiger partial charge in [-0.25, -0.2) is 13.2 Å². The molecule has 2 rings (SSSR count). The van der Waals surface area contributed by atoms with E-state index >= 15 is 0 Å². The van der Waals surface area contributed by atoms with Crippen molar-refractivity contribution in [3.05, 3.63) is 29.8 Å². The summed E-state index contributed by atoms with van der Waals surface area (Å²) < 4.78 is 27.4. The molecule has 1 aliphatic heterocycles. The molecule has 0 saturated carbocycles. The third-order valence-electron chi connectivity index (χ3n) is 3.19. The molecule has 1 N–H and O–H groups in total. The fourth-order valence-corrected chi connectivity index (χ4v) is 3.86. The SMILES string of the molecule is COC(=O)c1ccccc1NC(=O)C1CCS(=O)(=O)C1. The minimum absolute atomic E-state index is 0.0315. The predicted octanol–water partition coefficient (Wildman–Crippen LogP) is 0.846. The first-order chi connectivity index (χ1) is 9.43. The molecule has 1 atom stereocenters. The van der Waals surface area contributed by atoms with Crippen molar-refractivity contribution in [3.8, 4) is 0 Å². The highest BCUT2D eigenvalue weighted by Gasteiger charge is 2.33. The normalized spacial score (nSPS) is 20.4. The van der Waals surface area contributed by atoms with Gasteiger partial charge in [-0.3, -0.25) is 4.79 Å². The van der Waals surface area contributed by atoms with E-state index in [1.165, 1.54) is 13.2 Å². The molecule has 0 aromatic heterocycles. The van der Waals surface area contributed by atoms with Crippen LogP contribution in [0.4, 0.5) is 5.69 Å². The van der Waals surface area contributed by atoms with Crippen molar-refractivity contribution in [2.75, 3.05) is 23.9 Å². The first-order valence-corrected chi connectivity index (χ1v) is 7.94. The fraction of sp³-hybridized carbons (Fsp3) is 0.385. The van der Waals surface area contributed by atoms with Crippen molar-refractivity contribution in [1.29, 1.82) is 0 Å². The molecule has 108 valence electrons. The lowest BCUT2D eigenvalue weighted by molar-refractivity contribution is -0.119. The third-order valence-corrected chi connectivity index (χ3v) is 4.96. The Balaban J connectivity index is 2.15. The number of ether oxygens (including phenoxy) is 1. The second kappa shape index (κ2) is 5.62. The van der Waals surface area contributed by atoms with Crippen LogP contribution >= 0.6 is 0 Å². The van der Waals surface area contributed by atoms with E-state index in [2.05, 4.69) is 10.1 Å². The molecule has 1 saturated heterocycles. The molecule has 7 heteroatoms. The van der Waals surface area contributed by atoms with Gasteiger partial charge in [0.2, 0.25) is 5.91 Å². The molecule has 6 nitrogen and oxygen atoms in total. The van der Waals surface area contributed by atoms with Crippen molar-refractivity contribution in [2.45, 2.75) is 6.42 Å². The number of hydrogen-bond donors (Lipinski definition) is 1. The van der Waals surface area contributed by atoms with E-state index in [4.69, 9.17) is 0 Å². The summed E-state index contributed by atoms with van der Waals surface area (Å²) in [6, 6.07) is 6.44. The van der Waals surface area contributed by atoms with Crippen molar-refractivity contribution >= 4 is 27.4 Å². The monoisotopic (exact) mass is 297 g/mol. The van der Waals surface area contributed by atoms with Crippen molar-refractivity contribution < 1.29 is 22.7 Å². The number of hydrogen-bond acceptors (Lipinski definition) is 5. The number of esters is 1. The molecule has 20 heavy (non-hydrogen) atoms. The van der Waals surface area contributed by atoms with Crippen molar-refractivity contribution in [2.24, 2.45) is 5.92 Å². The number of carbonyl (C=O) groups excluding carboxylic acids is 2. The van der Waals surface area contributed by atoms with Gasteiger partial charge in [-0.15, -0.1) is 0 Å². The van der Waals surface area contributed by atoms with Crippen LogP contribution in [-0.2, 0) is 19.4 Å². The van der Waals surface area contributed by atoms with Crippen LogP contribution in [0.2, 0.25) is 0 Å². The summed E-state index contributed by atoms with van der Waals surface area (Å²) in [7, 11) is -1.86. The van der Waals surface area contributed by atoms with Gasteiger partial charge in [0.25, 0.3) is 0 Å². The molecule has 1 heterocycles. The number of rotatable bonds is 3. The number of benzene rings is 1. The Bertz CT molecular complexity index is 638. The molecule has 1 fully saturated rings. The number of carbonyl (C=O) groups is 2. The number of methoxy groups -OCH3 is 1. The van der Waals surface area contributed by atoms with Gasteiger partial charge >= 0.3 is 5.97 Å². The highest BCUT2D eigenvalue weighted by atomic mass is 32.2. The van der Waals surface area contributed by atoms with Crippen LogP contribution in [0, 0.1) is 5.92 Å². The smallest absolute Gasteiger partial charge is 0.339 e. The summed E-state index contributed by atoms with van der Waals surface area (Å²) in [5, 5.41) is 2.60. The van der Waals surface area contributed by atoms with E-state index in [0.29, 0.717) is 12.1 Å². The molecule has 1 aromatic carbocycles. The largest absolute Gasteiger partial charge is 0.465 e. The number of para-hydroxylation sites is 1. The summed E-state index contributed by atoms with van der Waals surface area (Å²) in [5.74, 6) is -1.61. The summed E-state index contributed by atoms with van der Waals surface area (Å²) in [6.07, 6.45) is 0.314. The summed E-state index contributed by atoms with van der Waals surface area (Å²) in [4.78, 5) is 23.6. The molecular formula is C13H15NO5S. The average molecular weight is 297 g/mol. The lowest BCUT2D eigenvalue weighted by Crippen LogP contribution is -2.24. The number of nitrogens with one attached hydrogen (secondary N) is 1. The first kappa shape index (κ1) is 14.5. The standard InChI is InChI=1S/C13H15NO5S/c1-19-13(16)10-4-2-3-5-11(10)14-12(15)9-6-7-20(17,18)8-9/h2-5,9H,6-8H2,1H3,(H,14,15). The summed E-state index contributed by atoms with van der Waals surface area (Å²) in [5.41, 5.74) is 0.567. The van der Waals surface area contributed by atoms with E-state index in [0.717, 1.165) is 0 Å². The number of sulfone groups is 1. The Kier molecular flexibility index (Phi) is 4.08. The van der Waals surface area contributed by atoms with E-state index in [1.807, 2.05) is 0 Å². The van der Waals surface area contributed by atoms with Crippen LogP contribution < -0.4 is 5.32 Å². The van der Waals surface area contributed by atoms with Crippen LogP contribution in [0.15, 0.2) is 24.3 Å². The fourth-order valence-electron chi connectivity index (χ4n) is 2.12. The Morgan fingerprint density at radius 3 is 2.60 bits per heavy atom. The Labute approximate surface area is 117 Å². The van der Waals surface area contributed by atoms with Crippen LogP contribution in [0.25, 0.3) is 0 Å². The van der Waals surface area contributed by atoms with E-state index in [9.17, 15) is 18.0 Å². The summed E-state index contributed by atoms with van der Waals surface area (Å²) >= 11 is 0. The summed E-state index contributed by atoms with van der Waals surface area (Å²) in [6.45, 7) is 0. The number of anilines is 1. The molecule has 1 aliphatic rings. The van der Waals surface area contributed by atoms with Gasteiger partial charge in [0.1, 0.15) is 0 Å². The molecule has 0 aliphatic carbocycles. The van der Waals surface area contributed by atoms with Gasteiger partial charge in [-0.05, 0) is 18.6 Å². The quantitative estimate of drug-likeness (QED) is 0.835. The van der Waals surface area contributed by atoms with Crippen LogP contribution in [-0.4, -0.2) is 38.9 Å². The zero-order chi connectivity index (χ0) is 14.8. The van der Waals surface area contributed by atoms with E-state index in [1.54, 1.807) is 18.2 Å². The Hall–Kier alpha value is -1.89. The molecular weight excluding hydrogens is 282 g/mol. The van der Waals surface area contributed by atoms with Crippen molar-refractivity contribution in [1.82, 2.24) is 0 Å². The van der Waals surface area contributed by atoms with Gasteiger partial charge in [-0.1, -0.05) is 12.1 Å². The maximum Gasteiger partial charge on any atom is 0.339 e. The molecule has 0 spiro atoms. The zero-order valence-electron chi connectivity index (χ0n) is 11.0. The topological polar surface area (TPSA) is 89.5 Å². The maximum absolute atomic E-state index is 12.0. The van der Waals surface area contributed by atoms with E-state index < -0.39 is 21.7 Å². The Morgan fingerprint density at radius 1 is 1.30 bits per heavy atom. The number of amides is 1. The third kappa shape index (κ3) is 3.16. The molecule has 1 amide bonds. The predicted molar refractivity (Wildman–Crippen MR) is 73.2 cm³/mol. The lowest BCUT2D eigenvalue weighted by atomic mass is 10.1. The van der Waals surface area contributed by atoms with Gasteiger partial charge in [0.15, 0.2) is 9.84 Å². The second-order valence-corrected chi connectivity index (χ2v) is 6.86. The zero-order valence-corrected chi connectivity index (χ0v) is 11.8. The highest BCUT2D eigenvalue weighted by molar-refractivity contribution is 7.91. The molecule has 0 radical (unpaired) electrons. The average Bonchev–Trinajstić information content (AvgIpc) is 2.79. The molecule has 1 unspecified atom stereocenters. The van der Waals surface area contributed by atoms with Gasteiger partial charge in [-0.2, -0.15) is 0 Å². The minimum Gasteiger partial charge on any atom is -0.465 e. The first-order valence-electron chi connectivity index (χ1n) is 6.11. The van der Waals surface area contributed by atoms with Crippen molar-refractivity contribution in [3.63, 3.8) is 0 Å². The maximum atomic E-state index is 12.0. The van der Waals surface area contributed by atoms with Crippen LogP contribution in [0.3, 0.4) is 0 Å². The van der Waals surface area contributed by atoms with Crippen LogP contribution in [0.1, 0.15) is 16.8 Å². The van der Waals surface area contributed by atoms with Gasteiger partial charge < -0.3 is 10.1 Å². The Morgan fingerprint density at radius 2 is 2.00 bits per heavy atom. The lowest BCUT2D eigenvalue weighted by Gasteiger charge is -2.12. The van der Waals surface area contributed by atoms with Crippen LogP contribution in [0.5, 0.6) is 0 Å². The molecule has 0 bridgehead atoms. The molecule has 1 aromatic rings. The van der Waals surface area contributed by atoms with E-state index in [-0.39, 0.29) is 23.0 Å². The second-order valence-electron chi connectivity index (χ2n) is 4.63. The van der Waals surface area contributed by atoms with Gasteiger partial charge in [0.05, 0.1) is 35.8 Å². The highest BCUT2D eigenvalue weighted by Crippen LogP contribution is 2.22. The van der Waals surface area contributed by atoms with Gasteiger partial charge in [0, 0.05) is 0 Å². The minimum atomic E-state index is -3.12.